The van der Waals surface area contributed by atoms with Crippen LogP contribution in [0, 0.1) is 0 Å². The first kappa shape index (κ1) is 11.1. The first-order valence-corrected chi connectivity index (χ1v) is 5.01. The van der Waals surface area contributed by atoms with Crippen molar-refractivity contribution in [2.24, 2.45) is 0 Å². The molecule has 0 radical (unpaired) electrons. The Kier molecular flexibility index (Phi) is 4.81. The number of rotatable bonds is 3. The number of allylic oxidation sites excluding steroid dienone is 1. The second-order valence-electron chi connectivity index (χ2n) is 2.66. The Morgan fingerprint density at radius 3 is 2.62 bits per heavy atom. The van der Waals surface area contributed by atoms with E-state index in [0.717, 1.165) is 6.42 Å². The highest BCUT2D eigenvalue weighted by Crippen LogP contribution is 2.22. The average molecular weight is 223 g/mol. The fourth-order valence-electron chi connectivity index (χ4n) is 1.00. The van der Waals surface area contributed by atoms with Crippen molar-refractivity contribution in [3.8, 4) is 0 Å². The molecule has 4 heteroatoms. The van der Waals surface area contributed by atoms with E-state index in [1.54, 1.807) is 6.08 Å². The summed E-state index contributed by atoms with van der Waals surface area (Å²) in [5.74, 6) is 0.366. The van der Waals surface area contributed by atoms with E-state index in [-0.39, 0.29) is 0 Å². The maximum Gasteiger partial charge on any atom is 0.184 e. The lowest BCUT2D eigenvalue weighted by Gasteiger charge is -2.24. The smallest absolute Gasteiger partial charge is 0.184 e. The molecule has 0 atom stereocenters. The summed E-state index contributed by atoms with van der Waals surface area (Å²) in [6.45, 7) is 5.17. The minimum absolute atomic E-state index is 0.366. The Morgan fingerprint density at radius 2 is 2.08 bits per heavy atom. The molecule has 0 spiro atoms. The fraction of sp³-hybridized carbons (Fsp3) is 0.556. The van der Waals surface area contributed by atoms with Gasteiger partial charge in [-0.05, 0) is 6.42 Å². The summed E-state index contributed by atoms with van der Waals surface area (Å²) < 4.78 is 10.6. The van der Waals surface area contributed by atoms with E-state index in [1.165, 1.54) is 0 Å². The van der Waals surface area contributed by atoms with Gasteiger partial charge in [-0.15, -0.1) is 11.6 Å². The molecule has 1 rings (SSSR count). The van der Waals surface area contributed by atoms with Gasteiger partial charge in [0.05, 0.1) is 13.2 Å². The van der Waals surface area contributed by atoms with E-state index in [4.69, 9.17) is 32.7 Å². The topological polar surface area (TPSA) is 18.5 Å². The third kappa shape index (κ3) is 3.31. The van der Waals surface area contributed by atoms with Crippen molar-refractivity contribution in [2.45, 2.75) is 12.7 Å². The maximum atomic E-state index is 5.88. The summed E-state index contributed by atoms with van der Waals surface area (Å²) in [4.78, 5) is 0. The van der Waals surface area contributed by atoms with Crippen LogP contribution in [0.2, 0.25) is 0 Å². The van der Waals surface area contributed by atoms with Crippen molar-refractivity contribution in [3.63, 3.8) is 0 Å². The normalized spacial score (nSPS) is 20.3. The third-order valence-electron chi connectivity index (χ3n) is 1.67. The second kappa shape index (κ2) is 5.66. The molecule has 2 nitrogen and oxygen atoms in total. The Balaban J connectivity index is 2.50. The molecule has 0 bridgehead atoms. The molecule has 0 aromatic heterocycles. The molecule has 0 amide bonds. The Labute approximate surface area is 88.1 Å². The zero-order valence-corrected chi connectivity index (χ0v) is 8.77. The van der Waals surface area contributed by atoms with E-state index < -0.39 is 6.29 Å². The molecule has 1 saturated heterocycles. The molecule has 1 fully saturated rings. The van der Waals surface area contributed by atoms with Crippen molar-refractivity contribution in [2.75, 3.05) is 19.1 Å². The van der Waals surface area contributed by atoms with Gasteiger partial charge in [-0.1, -0.05) is 24.3 Å². The zero-order valence-electron chi connectivity index (χ0n) is 7.26. The molecule has 0 aromatic rings. The quantitative estimate of drug-likeness (QED) is 0.541. The predicted octanol–water partition coefficient (Wildman–Crippen LogP) is 2.67. The van der Waals surface area contributed by atoms with Gasteiger partial charge in [0.1, 0.15) is 0 Å². The molecule has 1 aliphatic heterocycles. The molecule has 0 unspecified atom stereocenters. The number of hydrogen-bond donors (Lipinski definition) is 0. The van der Waals surface area contributed by atoms with E-state index in [1.807, 2.05) is 0 Å². The van der Waals surface area contributed by atoms with Gasteiger partial charge in [0.25, 0.3) is 0 Å². The molecule has 13 heavy (non-hydrogen) atoms. The highest BCUT2D eigenvalue weighted by molar-refractivity contribution is 6.32. The van der Waals surface area contributed by atoms with Crippen molar-refractivity contribution in [1.82, 2.24) is 0 Å². The van der Waals surface area contributed by atoms with Gasteiger partial charge in [0.15, 0.2) is 6.29 Å². The van der Waals surface area contributed by atoms with Gasteiger partial charge in [-0.2, -0.15) is 0 Å². The van der Waals surface area contributed by atoms with Gasteiger partial charge in [-0.3, -0.25) is 0 Å². The zero-order chi connectivity index (χ0) is 9.68. The van der Waals surface area contributed by atoms with Crippen LogP contribution in [-0.2, 0) is 9.47 Å². The van der Waals surface area contributed by atoms with Crippen LogP contribution in [0.25, 0.3) is 0 Å². The molecule has 0 aliphatic carbocycles. The summed E-state index contributed by atoms with van der Waals surface area (Å²) in [7, 11) is 0. The summed E-state index contributed by atoms with van der Waals surface area (Å²) in [5.41, 5.74) is 0.641. The molecular weight excluding hydrogens is 211 g/mol. The lowest BCUT2D eigenvalue weighted by Crippen LogP contribution is -2.26. The van der Waals surface area contributed by atoms with Crippen LogP contribution in [0.5, 0.6) is 0 Å². The second-order valence-corrected chi connectivity index (χ2v) is 3.37. The largest absolute Gasteiger partial charge is 0.348 e. The molecular formula is C9H12Cl2O2. The van der Waals surface area contributed by atoms with E-state index in [0.29, 0.717) is 29.7 Å². The number of alkyl halides is 1. The van der Waals surface area contributed by atoms with Crippen LogP contribution in [0.4, 0.5) is 0 Å². The van der Waals surface area contributed by atoms with Crippen LogP contribution < -0.4 is 0 Å². The minimum atomic E-state index is -0.402. The van der Waals surface area contributed by atoms with Crippen LogP contribution >= 0.6 is 23.2 Å². The molecule has 1 aliphatic rings. The summed E-state index contributed by atoms with van der Waals surface area (Å²) >= 11 is 11.4. The summed E-state index contributed by atoms with van der Waals surface area (Å²) in [6, 6.07) is 0. The van der Waals surface area contributed by atoms with Crippen LogP contribution in [-0.4, -0.2) is 25.4 Å². The predicted molar refractivity (Wildman–Crippen MR) is 54.1 cm³/mol. The van der Waals surface area contributed by atoms with Crippen LogP contribution in [0.3, 0.4) is 0 Å². The van der Waals surface area contributed by atoms with Crippen molar-refractivity contribution in [3.05, 3.63) is 23.3 Å². The van der Waals surface area contributed by atoms with E-state index in [9.17, 15) is 0 Å². The highest BCUT2D eigenvalue weighted by atomic mass is 35.5. The first-order chi connectivity index (χ1) is 6.25. The SMILES string of the molecule is C=C(/C(Cl)=C\CCl)C1OCCCO1. The Hall–Kier alpha value is -0.0200. The maximum absolute atomic E-state index is 5.88. The Bertz CT molecular complexity index is 208. The lowest BCUT2D eigenvalue weighted by molar-refractivity contribution is -0.154. The van der Waals surface area contributed by atoms with Crippen molar-refractivity contribution < 1.29 is 9.47 Å². The van der Waals surface area contributed by atoms with Crippen LogP contribution in [0.1, 0.15) is 6.42 Å². The Morgan fingerprint density at radius 1 is 1.46 bits per heavy atom. The monoisotopic (exact) mass is 222 g/mol. The number of ether oxygens (including phenoxy) is 2. The van der Waals surface area contributed by atoms with Gasteiger partial charge in [0.2, 0.25) is 0 Å². The average Bonchev–Trinajstić information content (AvgIpc) is 2.18. The van der Waals surface area contributed by atoms with Crippen molar-refractivity contribution >= 4 is 23.2 Å². The van der Waals surface area contributed by atoms with E-state index >= 15 is 0 Å². The third-order valence-corrected chi connectivity index (χ3v) is 2.23. The van der Waals surface area contributed by atoms with Gasteiger partial charge in [-0.25, -0.2) is 0 Å². The fourth-order valence-corrected chi connectivity index (χ4v) is 1.40. The van der Waals surface area contributed by atoms with Gasteiger partial charge in [0, 0.05) is 16.5 Å². The number of halogens is 2. The van der Waals surface area contributed by atoms with Crippen molar-refractivity contribution in [1.29, 1.82) is 0 Å². The first-order valence-electron chi connectivity index (χ1n) is 4.09. The molecule has 0 N–H and O–H groups in total. The number of hydrogen-bond acceptors (Lipinski definition) is 2. The summed E-state index contributed by atoms with van der Waals surface area (Å²) in [5, 5.41) is 0.516. The minimum Gasteiger partial charge on any atom is -0.348 e. The van der Waals surface area contributed by atoms with Gasteiger partial charge < -0.3 is 9.47 Å². The lowest BCUT2D eigenvalue weighted by atomic mass is 10.2. The van der Waals surface area contributed by atoms with Gasteiger partial charge >= 0.3 is 0 Å². The highest BCUT2D eigenvalue weighted by Gasteiger charge is 2.19. The van der Waals surface area contributed by atoms with E-state index in [2.05, 4.69) is 6.58 Å². The molecule has 0 aromatic carbocycles. The van der Waals surface area contributed by atoms with Crippen LogP contribution in [0.15, 0.2) is 23.3 Å². The molecule has 74 valence electrons. The molecule has 0 saturated carbocycles. The standard InChI is InChI=1S/C9H12Cl2O2/c1-7(8(11)3-4-10)9-12-5-2-6-13-9/h3,9H,1-2,4-6H2/b8-3+. The summed E-state index contributed by atoms with van der Waals surface area (Å²) in [6.07, 6.45) is 2.19. The molecule has 1 heterocycles.